The van der Waals surface area contributed by atoms with Crippen LogP contribution in [-0.4, -0.2) is 26.4 Å². The van der Waals surface area contributed by atoms with E-state index in [0.29, 0.717) is 21.2 Å². The van der Waals surface area contributed by atoms with Gasteiger partial charge >= 0.3 is 0 Å². The molecular formula is C17H9Cl2N3O3S2. The standard InChI is InChI=1S/C17H9Cl2N3O3S2/c18-12-5-3-6-13(19)11(12)9-20-21-16(23)15(27-17(21)26)8-10-4-1-2-7-14(10)22(24)25/h1-9H/b15-8+,20-9+. The molecule has 2 aromatic rings. The number of nitro groups is 1. The summed E-state index contributed by atoms with van der Waals surface area (Å²) in [7, 11) is 0. The Bertz CT molecular complexity index is 1000. The van der Waals surface area contributed by atoms with Crippen LogP contribution in [0.1, 0.15) is 11.1 Å². The zero-order valence-corrected chi connectivity index (χ0v) is 16.5. The predicted molar refractivity (Wildman–Crippen MR) is 112 cm³/mol. The molecule has 0 aromatic heterocycles. The molecule has 1 fully saturated rings. The van der Waals surface area contributed by atoms with E-state index in [0.717, 1.165) is 16.8 Å². The number of nitrogens with zero attached hydrogens (tertiary/aromatic N) is 3. The number of thioether (sulfide) groups is 1. The summed E-state index contributed by atoms with van der Waals surface area (Å²) in [5.74, 6) is -0.484. The number of carbonyl (C=O) groups is 1. The molecule has 0 N–H and O–H groups in total. The lowest BCUT2D eigenvalue weighted by Crippen LogP contribution is -2.22. The number of para-hydroxylation sites is 1. The van der Waals surface area contributed by atoms with Crippen molar-refractivity contribution in [2.45, 2.75) is 0 Å². The molecule has 136 valence electrons. The number of hydrogen-bond donors (Lipinski definition) is 0. The van der Waals surface area contributed by atoms with Crippen LogP contribution in [0, 0.1) is 10.1 Å². The molecule has 1 aliphatic rings. The highest BCUT2D eigenvalue weighted by atomic mass is 35.5. The summed E-state index contributed by atoms with van der Waals surface area (Å²) in [5.41, 5.74) is 0.660. The highest BCUT2D eigenvalue weighted by Gasteiger charge is 2.32. The minimum atomic E-state index is -0.510. The van der Waals surface area contributed by atoms with Crippen LogP contribution >= 0.6 is 47.2 Å². The molecule has 3 rings (SSSR count). The summed E-state index contributed by atoms with van der Waals surface area (Å²) < 4.78 is 0.198. The van der Waals surface area contributed by atoms with Gasteiger partial charge in [0.2, 0.25) is 0 Å². The van der Waals surface area contributed by atoms with E-state index >= 15 is 0 Å². The van der Waals surface area contributed by atoms with E-state index in [9.17, 15) is 14.9 Å². The van der Waals surface area contributed by atoms with Gasteiger partial charge in [-0.1, -0.05) is 53.2 Å². The van der Waals surface area contributed by atoms with Crippen molar-refractivity contribution >= 4 is 75.4 Å². The van der Waals surface area contributed by atoms with Gasteiger partial charge in [-0.15, -0.1) is 0 Å². The summed E-state index contributed by atoms with van der Waals surface area (Å²) in [6.07, 6.45) is 2.78. The van der Waals surface area contributed by atoms with Gasteiger partial charge in [-0.2, -0.15) is 10.1 Å². The fraction of sp³-hybridized carbons (Fsp3) is 0. The first-order valence-corrected chi connectivity index (χ1v) is 9.36. The first kappa shape index (κ1) is 19.5. The largest absolute Gasteiger partial charge is 0.286 e. The van der Waals surface area contributed by atoms with Gasteiger partial charge in [-0.3, -0.25) is 14.9 Å². The Hall–Kier alpha value is -2.26. The third kappa shape index (κ3) is 4.19. The van der Waals surface area contributed by atoms with Crippen LogP contribution in [0.2, 0.25) is 10.0 Å². The first-order valence-electron chi connectivity index (χ1n) is 7.38. The number of hydrogen-bond acceptors (Lipinski definition) is 6. The lowest BCUT2D eigenvalue weighted by molar-refractivity contribution is -0.385. The van der Waals surface area contributed by atoms with Crippen molar-refractivity contribution in [1.29, 1.82) is 0 Å². The number of benzene rings is 2. The van der Waals surface area contributed by atoms with Gasteiger partial charge in [0.1, 0.15) is 0 Å². The third-order valence-corrected chi connectivity index (χ3v) is 5.44. The second-order valence-corrected chi connectivity index (χ2v) is 7.68. The molecule has 10 heteroatoms. The van der Waals surface area contributed by atoms with E-state index in [2.05, 4.69) is 5.10 Å². The molecule has 1 saturated heterocycles. The molecule has 1 aliphatic heterocycles. The topological polar surface area (TPSA) is 75.8 Å². The number of hydrazone groups is 1. The van der Waals surface area contributed by atoms with Crippen molar-refractivity contribution in [2.24, 2.45) is 5.10 Å². The molecular weight excluding hydrogens is 429 g/mol. The monoisotopic (exact) mass is 437 g/mol. The van der Waals surface area contributed by atoms with E-state index < -0.39 is 10.8 Å². The van der Waals surface area contributed by atoms with Crippen LogP contribution < -0.4 is 0 Å². The van der Waals surface area contributed by atoms with Gasteiger partial charge in [0.25, 0.3) is 11.6 Å². The summed E-state index contributed by atoms with van der Waals surface area (Å²) in [6.45, 7) is 0. The van der Waals surface area contributed by atoms with Crippen LogP contribution in [0.25, 0.3) is 6.08 Å². The third-order valence-electron chi connectivity index (χ3n) is 3.50. The number of nitro benzene ring substituents is 1. The summed E-state index contributed by atoms with van der Waals surface area (Å²) >= 11 is 18.4. The van der Waals surface area contributed by atoms with E-state index in [1.165, 1.54) is 18.4 Å². The molecule has 0 bridgehead atoms. The predicted octanol–water partition coefficient (Wildman–Crippen LogP) is 5.14. The summed E-state index contributed by atoms with van der Waals surface area (Å²) in [4.78, 5) is 23.4. The van der Waals surface area contributed by atoms with Crippen LogP contribution in [0.15, 0.2) is 52.5 Å². The molecule has 27 heavy (non-hydrogen) atoms. The Morgan fingerprint density at radius 1 is 1.15 bits per heavy atom. The molecule has 0 aliphatic carbocycles. The van der Waals surface area contributed by atoms with Gasteiger partial charge in [0.15, 0.2) is 4.32 Å². The molecule has 0 radical (unpaired) electrons. The van der Waals surface area contributed by atoms with Gasteiger partial charge < -0.3 is 0 Å². The fourth-order valence-electron chi connectivity index (χ4n) is 2.23. The Morgan fingerprint density at radius 2 is 1.81 bits per heavy atom. The lowest BCUT2D eigenvalue weighted by Gasteiger charge is -2.07. The molecule has 0 spiro atoms. The van der Waals surface area contributed by atoms with E-state index in [-0.39, 0.29) is 14.9 Å². The Balaban J connectivity index is 1.90. The second-order valence-electron chi connectivity index (χ2n) is 5.19. The number of thiocarbonyl (C=S) groups is 1. The van der Waals surface area contributed by atoms with Gasteiger partial charge in [0.05, 0.1) is 31.7 Å². The Labute approximate surface area is 173 Å². The van der Waals surface area contributed by atoms with E-state index in [1.54, 1.807) is 36.4 Å². The van der Waals surface area contributed by atoms with Crippen molar-refractivity contribution in [1.82, 2.24) is 5.01 Å². The maximum atomic E-state index is 12.6. The Morgan fingerprint density at radius 3 is 2.48 bits per heavy atom. The van der Waals surface area contributed by atoms with Crippen molar-refractivity contribution in [3.8, 4) is 0 Å². The van der Waals surface area contributed by atoms with Crippen molar-refractivity contribution < 1.29 is 9.72 Å². The second kappa shape index (κ2) is 8.18. The van der Waals surface area contributed by atoms with E-state index in [4.69, 9.17) is 35.4 Å². The van der Waals surface area contributed by atoms with Gasteiger partial charge in [-0.25, -0.2) is 0 Å². The zero-order chi connectivity index (χ0) is 19.6. The molecule has 6 nitrogen and oxygen atoms in total. The highest BCUT2D eigenvalue weighted by molar-refractivity contribution is 8.26. The molecule has 0 unspecified atom stereocenters. The summed E-state index contributed by atoms with van der Waals surface area (Å²) in [5, 5.41) is 17.0. The van der Waals surface area contributed by atoms with Crippen LogP contribution in [-0.2, 0) is 4.79 Å². The van der Waals surface area contributed by atoms with Crippen molar-refractivity contribution in [2.75, 3.05) is 0 Å². The van der Waals surface area contributed by atoms with Crippen molar-refractivity contribution in [3.63, 3.8) is 0 Å². The highest BCUT2D eigenvalue weighted by Crippen LogP contribution is 2.34. The number of rotatable bonds is 4. The summed E-state index contributed by atoms with van der Waals surface area (Å²) in [6, 6.07) is 11.1. The first-order chi connectivity index (χ1) is 12.9. The Kier molecular flexibility index (Phi) is 5.91. The normalized spacial score (nSPS) is 15.9. The van der Waals surface area contributed by atoms with E-state index in [1.807, 2.05) is 0 Å². The SMILES string of the molecule is O=C1/C(=C\c2ccccc2[N+](=O)[O-])SC(=S)N1/N=C/c1c(Cl)cccc1Cl. The van der Waals surface area contributed by atoms with Crippen LogP contribution in [0.3, 0.4) is 0 Å². The average Bonchev–Trinajstić information content (AvgIpc) is 2.88. The average molecular weight is 438 g/mol. The van der Waals surface area contributed by atoms with Gasteiger partial charge in [-0.05, 0) is 36.5 Å². The minimum absolute atomic E-state index is 0.103. The van der Waals surface area contributed by atoms with Crippen LogP contribution in [0.5, 0.6) is 0 Å². The molecule has 0 saturated carbocycles. The maximum absolute atomic E-state index is 12.6. The fourth-order valence-corrected chi connectivity index (χ4v) is 3.88. The number of halogens is 2. The van der Waals surface area contributed by atoms with Crippen LogP contribution in [0.4, 0.5) is 5.69 Å². The minimum Gasteiger partial charge on any atom is -0.266 e. The lowest BCUT2D eigenvalue weighted by atomic mass is 10.1. The smallest absolute Gasteiger partial charge is 0.266 e. The molecule has 1 heterocycles. The van der Waals surface area contributed by atoms with Crippen molar-refractivity contribution in [3.05, 3.63) is 78.7 Å². The molecule has 2 aromatic carbocycles. The molecule has 1 amide bonds. The number of amides is 1. The zero-order valence-electron chi connectivity index (χ0n) is 13.3. The number of carbonyl (C=O) groups excluding carboxylic acids is 1. The van der Waals surface area contributed by atoms with Gasteiger partial charge in [0, 0.05) is 11.6 Å². The maximum Gasteiger partial charge on any atom is 0.286 e. The quantitative estimate of drug-likeness (QED) is 0.217. The molecule has 0 atom stereocenters.